The van der Waals surface area contributed by atoms with Crippen molar-refractivity contribution in [3.8, 4) is 44.6 Å². The van der Waals surface area contributed by atoms with E-state index in [1.807, 2.05) is 11.3 Å². The minimum Gasteiger partial charge on any atom is -0.355 e. The van der Waals surface area contributed by atoms with Crippen LogP contribution in [0.3, 0.4) is 0 Å². The molecule has 8 aromatic carbocycles. The van der Waals surface area contributed by atoms with E-state index in [4.69, 9.17) is 4.98 Å². The van der Waals surface area contributed by atoms with E-state index in [-0.39, 0.29) is 6.17 Å². The minimum atomic E-state index is -0.458. The molecule has 0 saturated carbocycles. The molecule has 2 unspecified atom stereocenters. The van der Waals surface area contributed by atoms with Gasteiger partial charge in [0.05, 0.1) is 21.4 Å². The zero-order valence-electron chi connectivity index (χ0n) is 34.1. The van der Waals surface area contributed by atoms with Gasteiger partial charge in [0, 0.05) is 39.2 Å². The topological polar surface area (TPSA) is 28.2 Å². The Hall–Kier alpha value is -7.11. The summed E-state index contributed by atoms with van der Waals surface area (Å²) in [5.74, 6) is 0. The number of hydrogen-bond donors (Lipinski definition) is 1. The number of rotatable bonds is 7. The molecule has 0 bridgehead atoms. The molecule has 3 heterocycles. The SMILES string of the molecule is CN1C(c2ccc(-c3nc4ccc(-c5ccccc5)cc4c4c3sc3ccccc34)cc2)=CC(C)(c2ccc(-c3ccccc3)cc2)NC1c1ccc(-c2ccccc2)cc1. The summed E-state index contributed by atoms with van der Waals surface area (Å²) in [5, 5.41) is 7.81. The fourth-order valence-electron chi connectivity index (χ4n) is 9.11. The van der Waals surface area contributed by atoms with E-state index in [1.54, 1.807) is 0 Å². The molecule has 61 heavy (non-hydrogen) atoms. The van der Waals surface area contributed by atoms with Crippen molar-refractivity contribution in [3.05, 3.63) is 229 Å². The van der Waals surface area contributed by atoms with Gasteiger partial charge in [-0.2, -0.15) is 0 Å². The van der Waals surface area contributed by atoms with Crippen molar-refractivity contribution in [1.82, 2.24) is 15.2 Å². The molecule has 0 amide bonds. The van der Waals surface area contributed by atoms with Crippen LogP contribution in [0.4, 0.5) is 0 Å². The molecule has 2 atom stereocenters. The van der Waals surface area contributed by atoms with Crippen LogP contribution < -0.4 is 5.32 Å². The Labute approximate surface area is 360 Å². The molecule has 10 aromatic rings. The molecule has 1 N–H and O–H groups in total. The van der Waals surface area contributed by atoms with Crippen LogP contribution in [0.1, 0.15) is 29.8 Å². The predicted octanol–water partition coefficient (Wildman–Crippen LogP) is 14.8. The van der Waals surface area contributed by atoms with E-state index < -0.39 is 5.54 Å². The van der Waals surface area contributed by atoms with Gasteiger partial charge in [-0.15, -0.1) is 11.3 Å². The molecule has 11 rings (SSSR count). The van der Waals surface area contributed by atoms with Gasteiger partial charge in [-0.25, -0.2) is 4.98 Å². The lowest BCUT2D eigenvalue weighted by atomic mass is 9.85. The van der Waals surface area contributed by atoms with Crippen molar-refractivity contribution < 1.29 is 0 Å². The third-order valence-electron chi connectivity index (χ3n) is 12.4. The first-order valence-corrected chi connectivity index (χ1v) is 21.8. The Kier molecular flexibility index (Phi) is 9.18. The highest BCUT2D eigenvalue weighted by atomic mass is 32.1. The largest absolute Gasteiger partial charge is 0.355 e. The van der Waals surface area contributed by atoms with Crippen molar-refractivity contribution in [2.75, 3.05) is 7.05 Å². The summed E-state index contributed by atoms with van der Waals surface area (Å²) in [5.41, 5.74) is 14.7. The Bertz CT molecular complexity index is 3210. The maximum absolute atomic E-state index is 5.41. The molecule has 0 aliphatic carbocycles. The number of nitrogens with zero attached hydrogens (tertiary/aromatic N) is 2. The lowest BCUT2D eigenvalue weighted by Gasteiger charge is -2.45. The Morgan fingerprint density at radius 1 is 0.508 bits per heavy atom. The number of aromatic nitrogens is 1. The van der Waals surface area contributed by atoms with Crippen molar-refractivity contribution in [1.29, 1.82) is 0 Å². The number of nitrogens with one attached hydrogen (secondary N) is 1. The first-order chi connectivity index (χ1) is 30.0. The molecule has 2 aromatic heterocycles. The van der Waals surface area contributed by atoms with Gasteiger partial charge in [-0.1, -0.05) is 188 Å². The van der Waals surface area contributed by atoms with Crippen molar-refractivity contribution in [2.45, 2.75) is 18.6 Å². The molecule has 3 nitrogen and oxygen atoms in total. The summed E-state index contributed by atoms with van der Waals surface area (Å²) in [6.07, 6.45) is 2.32. The maximum atomic E-state index is 5.41. The van der Waals surface area contributed by atoms with E-state index in [0.717, 1.165) is 22.3 Å². The Morgan fingerprint density at radius 2 is 1.02 bits per heavy atom. The zero-order valence-corrected chi connectivity index (χ0v) is 34.9. The monoisotopic (exact) mass is 801 g/mol. The van der Waals surface area contributed by atoms with Crippen LogP contribution in [0.25, 0.3) is 81.4 Å². The Balaban J connectivity index is 1.00. The molecule has 4 heteroatoms. The average Bonchev–Trinajstić information content (AvgIpc) is 3.73. The van der Waals surface area contributed by atoms with Crippen LogP contribution in [-0.2, 0) is 5.54 Å². The third kappa shape index (κ3) is 6.71. The van der Waals surface area contributed by atoms with Crippen LogP contribution in [0.2, 0.25) is 0 Å². The molecular weight excluding hydrogens is 759 g/mol. The van der Waals surface area contributed by atoms with Crippen molar-refractivity contribution >= 4 is 48.1 Å². The highest BCUT2D eigenvalue weighted by Gasteiger charge is 2.36. The van der Waals surface area contributed by atoms with Crippen LogP contribution in [0.5, 0.6) is 0 Å². The summed E-state index contributed by atoms with van der Waals surface area (Å²) in [6, 6.07) is 74.5. The van der Waals surface area contributed by atoms with Gasteiger partial charge in [-0.05, 0) is 81.3 Å². The van der Waals surface area contributed by atoms with Crippen LogP contribution >= 0.6 is 11.3 Å². The second kappa shape index (κ2) is 15.2. The van der Waals surface area contributed by atoms with Crippen LogP contribution in [-0.4, -0.2) is 16.9 Å². The van der Waals surface area contributed by atoms with E-state index in [0.29, 0.717) is 0 Å². The second-order valence-corrected chi connectivity index (χ2v) is 17.3. The highest BCUT2D eigenvalue weighted by Crippen LogP contribution is 2.45. The normalized spacial score (nSPS) is 16.6. The van der Waals surface area contributed by atoms with Gasteiger partial charge in [-0.3, -0.25) is 5.32 Å². The number of pyridine rings is 1. The van der Waals surface area contributed by atoms with Gasteiger partial charge in [0.2, 0.25) is 0 Å². The molecule has 1 aliphatic rings. The molecule has 0 fully saturated rings. The third-order valence-corrected chi connectivity index (χ3v) is 13.6. The van der Waals surface area contributed by atoms with E-state index in [9.17, 15) is 0 Å². The first kappa shape index (κ1) is 36.9. The van der Waals surface area contributed by atoms with Gasteiger partial charge >= 0.3 is 0 Å². The molecule has 0 saturated heterocycles. The first-order valence-electron chi connectivity index (χ1n) is 21.0. The summed E-state index contributed by atoms with van der Waals surface area (Å²) in [4.78, 5) is 7.79. The lowest BCUT2D eigenvalue weighted by Crippen LogP contribution is -2.50. The average molecular weight is 802 g/mol. The predicted molar refractivity (Wildman–Crippen MR) is 258 cm³/mol. The van der Waals surface area contributed by atoms with Crippen molar-refractivity contribution in [3.63, 3.8) is 0 Å². The number of hydrogen-bond acceptors (Lipinski definition) is 4. The van der Waals surface area contributed by atoms with Gasteiger partial charge in [0.15, 0.2) is 0 Å². The molecule has 0 spiro atoms. The van der Waals surface area contributed by atoms with Gasteiger partial charge in [0.25, 0.3) is 0 Å². The number of benzene rings is 8. The number of fused-ring (bicyclic) bond motifs is 5. The Morgan fingerprint density at radius 3 is 1.66 bits per heavy atom. The summed E-state index contributed by atoms with van der Waals surface area (Å²) < 4.78 is 2.49. The lowest BCUT2D eigenvalue weighted by molar-refractivity contribution is 0.218. The maximum Gasteiger partial charge on any atom is 0.106 e. The minimum absolute atomic E-state index is 0.0793. The smallest absolute Gasteiger partial charge is 0.106 e. The molecule has 1 aliphatic heterocycles. The molecule has 292 valence electrons. The second-order valence-electron chi connectivity index (χ2n) is 16.3. The van der Waals surface area contributed by atoms with Gasteiger partial charge < -0.3 is 4.90 Å². The fraction of sp³-hybridized carbons (Fsp3) is 0.0702. The summed E-state index contributed by atoms with van der Waals surface area (Å²) in [7, 11) is 2.20. The summed E-state index contributed by atoms with van der Waals surface area (Å²) >= 11 is 1.84. The van der Waals surface area contributed by atoms with E-state index in [1.165, 1.54) is 75.8 Å². The van der Waals surface area contributed by atoms with E-state index >= 15 is 0 Å². The van der Waals surface area contributed by atoms with Crippen LogP contribution in [0, 0.1) is 0 Å². The van der Waals surface area contributed by atoms with Crippen LogP contribution in [0.15, 0.2) is 212 Å². The summed E-state index contributed by atoms with van der Waals surface area (Å²) in [6.45, 7) is 2.30. The molecular formula is C57H43N3S. The quantitative estimate of drug-likeness (QED) is 0.174. The standard InChI is InChI=1S/C57H43N3S/c1-57(47-33-30-42(31-34-47)39-16-8-4-9-17-39)37-51(60(2)56(59-57)45-28-22-41(23-29-45)38-14-6-3-7-15-38)43-24-26-44(27-25-43)54-55-53(48-20-12-13-21-52(48)61-55)49-36-46(32-35-50(49)58-54)40-18-10-5-11-19-40/h3-37,56,59H,1-2H3. The number of thiophene rings is 1. The molecule has 0 radical (unpaired) electrons. The fourth-order valence-corrected chi connectivity index (χ4v) is 10.3. The van der Waals surface area contributed by atoms with Gasteiger partial charge in [0.1, 0.15) is 6.17 Å². The zero-order chi connectivity index (χ0) is 40.9. The van der Waals surface area contributed by atoms with Crippen molar-refractivity contribution in [2.24, 2.45) is 0 Å². The van der Waals surface area contributed by atoms with E-state index in [2.05, 4.69) is 237 Å². The highest BCUT2D eigenvalue weighted by molar-refractivity contribution is 7.26.